The lowest BCUT2D eigenvalue weighted by atomic mass is 10.2. The SMILES string of the molecule is Cc1cccc(OCC(=O)Nc2cc(-c3ccccn3)no2)c1. The highest BCUT2D eigenvalue weighted by Crippen LogP contribution is 2.19. The van der Waals surface area contributed by atoms with Gasteiger partial charge in [-0.15, -0.1) is 0 Å². The summed E-state index contributed by atoms with van der Waals surface area (Å²) in [5.41, 5.74) is 2.30. The van der Waals surface area contributed by atoms with E-state index >= 15 is 0 Å². The summed E-state index contributed by atoms with van der Waals surface area (Å²) >= 11 is 0. The molecule has 0 aliphatic carbocycles. The van der Waals surface area contributed by atoms with Gasteiger partial charge in [0, 0.05) is 12.3 Å². The molecule has 0 saturated heterocycles. The summed E-state index contributed by atoms with van der Waals surface area (Å²) in [5, 5.41) is 6.47. The van der Waals surface area contributed by atoms with Gasteiger partial charge in [-0.05, 0) is 36.8 Å². The molecule has 23 heavy (non-hydrogen) atoms. The molecule has 1 N–H and O–H groups in total. The minimum Gasteiger partial charge on any atom is -0.484 e. The molecular weight excluding hydrogens is 294 g/mol. The third-order valence-corrected chi connectivity index (χ3v) is 3.06. The molecule has 0 fully saturated rings. The standard InChI is InChI=1S/C17H15N3O3/c1-12-5-4-6-13(9-12)22-11-16(21)19-17-10-15(20-23-17)14-7-2-3-8-18-14/h2-10H,11H2,1H3,(H,19,21). The van der Waals surface area contributed by atoms with E-state index in [9.17, 15) is 4.79 Å². The summed E-state index contributed by atoms with van der Waals surface area (Å²) < 4.78 is 10.5. The minimum absolute atomic E-state index is 0.108. The van der Waals surface area contributed by atoms with Gasteiger partial charge in [0.05, 0.1) is 5.69 Å². The predicted molar refractivity (Wildman–Crippen MR) is 85.0 cm³/mol. The Morgan fingerprint density at radius 1 is 1.17 bits per heavy atom. The van der Waals surface area contributed by atoms with Crippen LogP contribution in [0.5, 0.6) is 5.75 Å². The Morgan fingerprint density at radius 2 is 2.09 bits per heavy atom. The average Bonchev–Trinajstić information content (AvgIpc) is 3.02. The van der Waals surface area contributed by atoms with Gasteiger partial charge in [-0.3, -0.25) is 15.1 Å². The van der Waals surface area contributed by atoms with Gasteiger partial charge in [0.25, 0.3) is 5.91 Å². The highest BCUT2D eigenvalue weighted by Gasteiger charge is 2.10. The number of nitrogens with one attached hydrogen (secondary N) is 1. The van der Waals surface area contributed by atoms with Gasteiger partial charge in [0.15, 0.2) is 6.61 Å². The molecule has 1 aromatic carbocycles. The van der Waals surface area contributed by atoms with Crippen LogP contribution in [-0.2, 0) is 4.79 Å². The van der Waals surface area contributed by atoms with E-state index < -0.39 is 0 Å². The summed E-state index contributed by atoms with van der Waals surface area (Å²) in [4.78, 5) is 16.0. The second-order valence-electron chi connectivity index (χ2n) is 4.94. The molecule has 1 amide bonds. The van der Waals surface area contributed by atoms with Crippen LogP contribution in [0.15, 0.2) is 59.3 Å². The molecule has 3 rings (SSSR count). The molecule has 0 spiro atoms. The Labute approximate surface area is 133 Å². The van der Waals surface area contributed by atoms with Gasteiger partial charge in [-0.25, -0.2) is 0 Å². The number of hydrogen-bond donors (Lipinski definition) is 1. The van der Waals surface area contributed by atoms with E-state index in [1.165, 1.54) is 0 Å². The van der Waals surface area contributed by atoms with Gasteiger partial charge in [-0.1, -0.05) is 23.4 Å². The van der Waals surface area contributed by atoms with Crippen LogP contribution in [0.25, 0.3) is 11.4 Å². The normalized spacial score (nSPS) is 10.3. The maximum absolute atomic E-state index is 11.9. The van der Waals surface area contributed by atoms with E-state index in [0.29, 0.717) is 17.1 Å². The van der Waals surface area contributed by atoms with E-state index in [-0.39, 0.29) is 18.4 Å². The van der Waals surface area contributed by atoms with Crippen LogP contribution in [0.1, 0.15) is 5.56 Å². The zero-order valence-electron chi connectivity index (χ0n) is 12.5. The molecule has 3 aromatic rings. The Hall–Kier alpha value is -3.15. The fourth-order valence-corrected chi connectivity index (χ4v) is 2.00. The van der Waals surface area contributed by atoms with Gasteiger partial charge < -0.3 is 9.26 Å². The largest absolute Gasteiger partial charge is 0.484 e. The van der Waals surface area contributed by atoms with Crippen molar-refractivity contribution < 1.29 is 14.1 Å². The van der Waals surface area contributed by atoms with Gasteiger partial charge in [0.2, 0.25) is 5.88 Å². The van der Waals surface area contributed by atoms with E-state index in [1.54, 1.807) is 18.3 Å². The van der Waals surface area contributed by atoms with Crippen molar-refractivity contribution in [3.63, 3.8) is 0 Å². The first kappa shape index (κ1) is 14.8. The molecule has 0 unspecified atom stereocenters. The second kappa shape index (κ2) is 6.74. The summed E-state index contributed by atoms with van der Waals surface area (Å²) in [6.07, 6.45) is 1.66. The third kappa shape index (κ3) is 3.94. The van der Waals surface area contributed by atoms with Crippen LogP contribution < -0.4 is 10.1 Å². The second-order valence-corrected chi connectivity index (χ2v) is 4.94. The van der Waals surface area contributed by atoms with Crippen LogP contribution in [-0.4, -0.2) is 22.7 Å². The van der Waals surface area contributed by atoms with Crippen LogP contribution in [0, 0.1) is 6.92 Å². The Kier molecular flexibility index (Phi) is 4.33. The Morgan fingerprint density at radius 3 is 2.87 bits per heavy atom. The highest BCUT2D eigenvalue weighted by atomic mass is 16.5. The number of benzene rings is 1. The monoisotopic (exact) mass is 309 g/mol. The van der Waals surface area contributed by atoms with Crippen LogP contribution in [0.3, 0.4) is 0 Å². The number of aryl methyl sites for hydroxylation is 1. The number of aromatic nitrogens is 2. The van der Waals surface area contributed by atoms with Gasteiger partial charge in [0.1, 0.15) is 11.4 Å². The number of carbonyl (C=O) groups excluding carboxylic acids is 1. The molecule has 116 valence electrons. The summed E-state index contributed by atoms with van der Waals surface area (Å²) in [7, 11) is 0. The molecule has 0 atom stereocenters. The molecule has 6 heteroatoms. The van der Waals surface area contributed by atoms with Crippen molar-refractivity contribution >= 4 is 11.8 Å². The lowest BCUT2D eigenvalue weighted by Crippen LogP contribution is -2.19. The predicted octanol–water partition coefficient (Wildman–Crippen LogP) is 3.06. The first-order chi connectivity index (χ1) is 11.2. The maximum Gasteiger partial charge on any atom is 0.264 e. The van der Waals surface area contributed by atoms with Crippen molar-refractivity contribution in [1.82, 2.24) is 10.1 Å². The summed E-state index contributed by atoms with van der Waals surface area (Å²) in [6, 6.07) is 14.6. The number of nitrogens with zero attached hydrogens (tertiary/aromatic N) is 2. The smallest absolute Gasteiger partial charge is 0.264 e. The number of rotatable bonds is 5. The number of amides is 1. The average molecular weight is 309 g/mol. The Bertz CT molecular complexity index is 800. The lowest BCUT2D eigenvalue weighted by molar-refractivity contribution is -0.118. The number of pyridine rings is 1. The summed E-state index contributed by atoms with van der Waals surface area (Å²) in [6.45, 7) is 1.85. The van der Waals surface area contributed by atoms with Crippen molar-refractivity contribution in [1.29, 1.82) is 0 Å². The molecule has 0 bridgehead atoms. The topological polar surface area (TPSA) is 77.2 Å². The molecule has 0 aliphatic rings. The number of anilines is 1. The number of ether oxygens (including phenoxy) is 1. The molecular formula is C17H15N3O3. The van der Waals surface area contributed by atoms with Crippen molar-refractivity contribution in [2.75, 3.05) is 11.9 Å². The lowest BCUT2D eigenvalue weighted by Gasteiger charge is -2.05. The van der Waals surface area contributed by atoms with E-state index in [4.69, 9.17) is 9.26 Å². The van der Waals surface area contributed by atoms with Crippen LogP contribution in [0.4, 0.5) is 5.88 Å². The Balaban J connectivity index is 1.57. The maximum atomic E-state index is 11.9. The fourth-order valence-electron chi connectivity index (χ4n) is 2.00. The molecule has 0 radical (unpaired) electrons. The number of hydrogen-bond acceptors (Lipinski definition) is 5. The minimum atomic E-state index is -0.324. The highest BCUT2D eigenvalue weighted by molar-refractivity contribution is 5.90. The van der Waals surface area contributed by atoms with E-state index in [1.807, 2.05) is 43.3 Å². The molecule has 0 saturated carbocycles. The van der Waals surface area contributed by atoms with E-state index in [0.717, 1.165) is 5.56 Å². The molecule has 0 aliphatic heterocycles. The van der Waals surface area contributed by atoms with Gasteiger partial charge >= 0.3 is 0 Å². The number of carbonyl (C=O) groups is 1. The zero-order chi connectivity index (χ0) is 16.1. The fraction of sp³-hybridized carbons (Fsp3) is 0.118. The molecule has 6 nitrogen and oxygen atoms in total. The third-order valence-electron chi connectivity index (χ3n) is 3.06. The van der Waals surface area contributed by atoms with Gasteiger partial charge in [-0.2, -0.15) is 0 Å². The first-order valence-corrected chi connectivity index (χ1v) is 7.08. The quantitative estimate of drug-likeness (QED) is 0.783. The van der Waals surface area contributed by atoms with Crippen molar-refractivity contribution in [2.45, 2.75) is 6.92 Å². The molecule has 2 heterocycles. The first-order valence-electron chi connectivity index (χ1n) is 7.08. The zero-order valence-corrected chi connectivity index (χ0v) is 12.5. The van der Waals surface area contributed by atoms with Crippen LogP contribution in [0.2, 0.25) is 0 Å². The van der Waals surface area contributed by atoms with Crippen molar-refractivity contribution in [3.05, 3.63) is 60.3 Å². The van der Waals surface area contributed by atoms with E-state index in [2.05, 4.69) is 15.5 Å². The van der Waals surface area contributed by atoms with Crippen molar-refractivity contribution in [2.24, 2.45) is 0 Å². The summed E-state index contributed by atoms with van der Waals surface area (Å²) in [5.74, 6) is 0.575. The molecule has 2 aromatic heterocycles. The van der Waals surface area contributed by atoms with Crippen molar-refractivity contribution in [3.8, 4) is 17.1 Å². The van der Waals surface area contributed by atoms with Crippen LogP contribution >= 0.6 is 0 Å².